The van der Waals surface area contributed by atoms with Crippen molar-refractivity contribution in [2.45, 2.75) is 31.8 Å². The van der Waals surface area contributed by atoms with E-state index in [1.54, 1.807) is 12.1 Å². The van der Waals surface area contributed by atoms with Crippen LogP contribution in [0, 0.1) is 18.6 Å². The van der Waals surface area contributed by atoms with Crippen molar-refractivity contribution in [3.8, 4) is 0 Å². The number of anilines is 3. The molecule has 2 fully saturated rings. The van der Waals surface area contributed by atoms with Crippen LogP contribution in [0.15, 0.2) is 30.3 Å². The van der Waals surface area contributed by atoms with Crippen LogP contribution in [0.25, 0.3) is 0 Å². The van der Waals surface area contributed by atoms with E-state index in [0.29, 0.717) is 29.5 Å². The Morgan fingerprint density at radius 2 is 1.89 bits per heavy atom. The summed E-state index contributed by atoms with van der Waals surface area (Å²) in [5.41, 5.74) is 8.47. The Kier molecular flexibility index (Phi) is 6.81. The predicted octanol–water partition coefficient (Wildman–Crippen LogP) is 1.93. The first-order valence-corrected chi connectivity index (χ1v) is 12.4. The maximum absolute atomic E-state index is 14.5. The number of carbonyl (C=O) groups is 2. The van der Waals surface area contributed by atoms with Crippen molar-refractivity contribution in [1.82, 2.24) is 9.80 Å². The molecule has 0 bridgehead atoms. The summed E-state index contributed by atoms with van der Waals surface area (Å²) in [7, 11) is 0. The maximum Gasteiger partial charge on any atom is 0.247 e. The molecular formula is C26H32F2N6O2. The number of fused-ring (bicyclic) bond motifs is 1. The van der Waals surface area contributed by atoms with E-state index in [-0.39, 0.29) is 24.1 Å². The summed E-state index contributed by atoms with van der Waals surface area (Å²) in [6.07, 6.45) is 1.21. The summed E-state index contributed by atoms with van der Waals surface area (Å²) in [5, 5.41) is 5.93. The SMILES string of the molecule is Cc1ccc(F)c2c1NC(C(=O)Nc1cc(F)cc(N3CC[C@@H](N4CCN(CC(N)=O)CC4)C3)c1)C2. The smallest absolute Gasteiger partial charge is 0.247 e. The molecule has 2 amide bonds. The van der Waals surface area contributed by atoms with Crippen molar-refractivity contribution >= 4 is 28.9 Å². The van der Waals surface area contributed by atoms with Crippen molar-refractivity contribution in [1.29, 1.82) is 0 Å². The molecule has 0 spiro atoms. The van der Waals surface area contributed by atoms with Crippen LogP contribution in [0.3, 0.4) is 0 Å². The number of primary amides is 1. The summed E-state index contributed by atoms with van der Waals surface area (Å²) in [4.78, 5) is 30.7. The van der Waals surface area contributed by atoms with Gasteiger partial charge in [0.25, 0.3) is 0 Å². The normalized spacial score (nSPS) is 22.4. The first kappa shape index (κ1) is 24.5. The Morgan fingerprint density at radius 1 is 1.11 bits per heavy atom. The second kappa shape index (κ2) is 10.0. The second-order valence-corrected chi connectivity index (χ2v) is 9.97. The average Bonchev–Trinajstić information content (AvgIpc) is 3.50. The highest BCUT2D eigenvalue weighted by atomic mass is 19.1. The van der Waals surface area contributed by atoms with E-state index in [2.05, 4.69) is 25.3 Å². The monoisotopic (exact) mass is 498 g/mol. The van der Waals surface area contributed by atoms with Crippen LogP contribution >= 0.6 is 0 Å². The molecule has 8 nitrogen and oxygen atoms in total. The maximum atomic E-state index is 14.5. The van der Waals surface area contributed by atoms with Gasteiger partial charge in [0.15, 0.2) is 0 Å². The first-order valence-electron chi connectivity index (χ1n) is 12.4. The number of benzene rings is 2. The summed E-state index contributed by atoms with van der Waals surface area (Å²) >= 11 is 0. The molecule has 2 aromatic carbocycles. The fraction of sp³-hybridized carbons (Fsp3) is 0.462. The third kappa shape index (κ3) is 5.15. The lowest BCUT2D eigenvalue weighted by Crippen LogP contribution is -2.52. The lowest BCUT2D eigenvalue weighted by Gasteiger charge is -2.37. The molecule has 3 heterocycles. The first-order chi connectivity index (χ1) is 17.3. The molecule has 4 N–H and O–H groups in total. The van der Waals surface area contributed by atoms with Gasteiger partial charge in [-0.2, -0.15) is 0 Å². The number of nitrogens with one attached hydrogen (secondary N) is 2. The Balaban J connectivity index is 1.20. The molecule has 3 aliphatic heterocycles. The molecule has 2 atom stereocenters. The Labute approximate surface area is 209 Å². The summed E-state index contributed by atoms with van der Waals surface area (Å²) in [6, 6.07) is 7.42. The highest BCUT2D eigenvalue weighted by molar-refractivity contribution is 5.98. The average molecular weight is 499 g/mol. The van der Waals surface area contributed by atoms with Gasteiger partial charge in [-0.3, -0.25) is 19.4 Å². The van der Waals surface area contributed by atoms with Gasteiger partial charge in [-0.15, -0.1) is 0 Å². The van der Waals surface area contributed by atoms with Crippen molar-refractivity contribution in [3.63, 3.8) is 0 Å². The zero-order chi connectivity index (χ0) is 25.4. The molecule has 0 saturated carbocycles. The van der Waals surface area contributed by atoms with Gasteiger partial charge in [-0.05, 0) is 43.2 Å². The van der Waals surface area contributed by atoms with E-state index in [4.69, 9.17) is 5.73 Å². The van der Waals surface area contributed by atoms with Crippen LogP contribution < -0.4 is 21.3 Å². The van der Waals surface area contributed by atoms with E-state index in [1.807, 2.05) is 6.92 Å². The largest absolute Gasteiger partial charge is 0.373 e. The zero-order valence-electron chi connectivity index (χ0n) is 20.4. The topological polar surface area (TPSA) is 93.9 Å². The molecule has 192 valence electrons. The standard InChI is InChI=1S/C26H32F2N6O2/c1-16-2-3-22(28)21-13-23(31-25(16)21)26(36)30-18-10-17(27)11-20(12-18)34-5-4-19(14-34)33-8-6-32(7-9-33)15-24(29)35/h2-3,10-12,19,23,31H,4-9,13-15H2,1H3,(H2,29,35)(H,30,36)/t19-,23?/m1/s1. The Hall–Kier alpha value is -3.24. The second-order valence-electron chi connectivity index (χ2n) is 9.97. The molecule has 0 aliphatic carbocycles. The molecular weight excluding hydrogens is 466 g/mol. The Morgan fingerprint density at radius 3 is 2.61 bits per heavy atom. The van der Waals surface area contributed by atoms with E-state index in [0.717, 1.165) is 56.9 Å². The van der Waals surface area contributed by atoms with Crippen LogP contribution in [-0.2, 0) is 16.0 Å². The highest BCUT2D eigenvalue weighted by Gasteiger charge is 2.32. The number of piperazine rings is 1. The number of hydrogen-bond acceptors (Lipinski definition) is 6. The molecule has 36 heavy (non-hydrogen) atoms. The van der Waals surface area contributed by atoms with Crippen molar-refractivity contribution in [3.05, 3.63) is 53.1 Å². The number of halogens is 2. The van der Waals surface area contributed by atoms with E-state index >= 15 is 0 Å². The predicted molar refractivity (Wildman–Crippen MR) is 135 cm³/mol. The number of nitrogens with two attached hydrogens (primary N) is 1. The van der Waals surface area contributed by atoms with Gasteiger partial charge in [0.05, 0.1) is 6.54 Å². The number of rotatable bonds is 6. The molecule has 3 aliphatic rings. The fourth-order valence-electron chi connectivity index (χ4n) is 5.57. The lowest BCUT2D eigenvalue weighted by atomic mass is 10.1. The quantitative estimate of drug-likeness (QED) is 0.564. The fourth-order valence-corrected chi connectivity index (χ4v) is 5.57. The molecule has 2 aromatic rings. The van der Waals surface area contributed by atoms with Gasteiger partial charge in [-0.25, -0.2) is 8.78 Å². The minimum Gasteiger partial charge on any atom is -0.373 e. The van der Waals surface area contributed by atoms with Crippen LogP contribution in [-0.4, -0.2) is 79.5 Å². The van der Waals surface area contributed by atoms with Crippen LogP contribution in [0.5, 0.6) is 0 Å². The van der Waals surface area contributed by atoms with Crippen LogP contribution in [0.1, 0.15) is 17.5 Å². The molecule has 10 heteroatoms. The molecule has 0 aromatic heterocycles. The number of hydrogen-bond donors (Lipinski definition) is 3. The minimum absolute atomic E-state index is 0.247. The third-order valence-corrected chi connectivity index (χ3v) is 7.49. The zero-order valence-corrected chi connectivity index (χ0v) is 20.4. The highest BCUT2D eigenvalue weighted by Crippen LogP contribution is 2.32. The van der Waals surface area contributed by atoms with Gasteiger partial charge < -0.3 is 21.3 Å². The summed E-state index contributed by atoms with van der Waals surface area (Å²) in [6.45, 7) is 7.07. The number of aryl methyl sites for hydroxylation is 1. The summed E-state index contributed by atoms with van der Waals surface area (Å²) < 4.78 is 28.7. The van der Waals surface area contributed by atoms with Crippen molar-refractivity contribution < 1.29 is 18.4 Å². The van der Waals surface area contributed by atoms with Crippen molar-refractivity contribution in [2.75, 3.05) is 61.3 Å². The number of amides is 2. The van der Waals surface area contributed by atoms with Gasteiger partial charge in [0, 0.05) is 74.4 Å². The van der Waals surface area contributed by atoms with Gasteiger partial charge in [0.2, 0.25) is 11.8 Å². The molecule has 0 radical (unpaired) electrons. The van der Waals surface area contributed by atoms with Crippen LogP contribution in [0.4, 0.5) is 25.8 Å². The van der Waals surface area contributed by atoms with E-state index in [9.17, 15) is 18.4 Å². The van der Waals surface area contributed by atoms with Crippen LogP contribution in [0.2, 0.25) is 0 Å². The van der Waals surface area contributed by atoms with E-state index in [1.165, 1.54) is 18.2 Å². The van der Waals surface area contributed by atoms with Gasteiger partial charge in [0.1, 0.15) is 17.7 Å². The molecule has 1 unspecified atom stereocenters. The molecule has 2 saturated heterocycles. The minimum atomic E-state index is -0.619. The van der Waals surface area contributed by atoms with Crippen molar-refractivity contribution in [2.24, 2.45) is 5.73 Å². The summed E-state index contributed by atoms with van der Waals surface area (Å²) in [5.74, 6) is -1.38. The van der Waals surface area contributed by atoms with E-state index < -0.39 is 11.9 Å². The number of nitrogens with zero attached hydrogens (tertiary/aromatic N) is 3. The van der Waals surface area contributed by atoms with Gasteiger partial charge >= 0.3 is 0 Å². The Bertz CT molecular complexity index is 1140. The third-order valence-electron chi connectivity index (χ3n) is 7.49. The van der Waals surface area contributed by atoms with Gasteiger partial charge in [-0.1, -0.05) is 6.07 Å². The lowest BCUT2D eigenvalue weighted by molar-refractivity contribution is -0.119. The molecule has 5 rings (SSSR count). The number of carbonyl (C=O) groups excluding carboxylic acids is 2.